The highest BCUT2D eigenvalue weighted by molar-refractivity contribution is 7.18. The summed E-state index contributed by atoms with van der Waals surface area (Å²) < 4.78 is 0. The summed E-state index contributed by atoms with van der Waals surface area (Å²) in [6, 6.07) is 18.2. The summed E-state index contributed by atoms with van der Waals surface area (Å²) in [5.41, 5.74) is 12.3. The molecule has 2 bridgehead atoms. The lowest BCUT2D eigenvalue weighted by molar-refractivity contribution is 0.281. The summed E-state index contributed by atoms with van der Waals surface area (Å²) in [4.78, 5) is 18.6. The van der Waals surface area contributed by atoms with E-state index >= 15 is 0 Å². The first-order valence-electron chi connectivity index (χ1n) is 15.4. The van der Waals surface area contributed by atoms with E-state index in [4.69, 9.17) is 9.98 Å². The van der Waals surface area contributed by atoms with Crippen LogP contribution in [0.4, 0.5) is 5.69 Å². The Balaban J connectivity index is 1.07. The number of H-pyrrole nitrogens is 1. The topological polar surface area (TPSA) is 68.3 Å². The quantitative estimate of drug-likeness (QED) is 0.244. The van der Waals surface area contributed by atoms with Gasteiger partial charge in [0.15, 0.2) is 0 Å². The zero-order valence-corrected chi connectivity index (χ0v) is 24.4. The van der Waals surface area contributed by atoms with Crippen LogP contribution in [0.3, 0.4) is 0 Å². The van der Waals surface area contributed by atoms with Gasteiger partial charge in [0.2, 0.25) is 0 Å². The second kappa shape index (κ2) is 9.46. The maximum Gasteiger partial charge on any atom is 0.123 e. The maximum atomic E-state index is 5.03. The molecule has 3 saturated heterocycles. The van der Waals surface area contributed by atoms with Crippen molar-refractivity contribution in [3.63, 3.8) is 0 Å². The van der Waals surface area contributed by atoms with Crippen molar-refractivity contribution in [1.82, 2.24) is 25.5 Å². The minimum absolute atomic E-state index is 0.363. The van der Waals surface area contributed by atoms with Crippen molar-refractivity contribution in [2.24, 2.45) is 4.99 Å². The molecule has 3 N–H and O–H groups in total. The highest BCUT2D eigenvalue weighted by Crippen LogP contribution is 2.58. The predicted octanol–water partition coefficient (Wildman–Crippen LogP) is 7.10. The largest absolute Gasteiger partial charge is 0.340 e. The maximum absolute atomic E-state index is 5.03. The molecule has 3 fully saturated rings. The van der Waals surface area contributed by atoms with E-state index in [-0.39, 0.29) is 0 Å². The number of hydrogen-bond acceptors (Lipinski definition) is 6. The number of aromatic nitrogens is 2. The first-order chi connectivity index (χ1) is 20.2. The van der Waals surface area contributed by atoms with Crippen LogP contribution in [-0.2, 0) is 6.42 Å². The van der Waals surface area contributed by atoms with Crippen LogP contribution in [0.25, 0.3) is 32.1 Å². The molecule has 2 unspecified atom stereocenters. The molecule has 2 aromatic carbocycles. The number of benzene rings is 2. The summed E-state index contributed by atoms with van der Waals surface area (Å²) >= 11 is 1.89. The van der Waals surface area contributed by atoms with Crippen molar-refractivity contribution < 1.29 is 0 Å². The lowest BCUT2D eigenvalue weighted by Crippen LogP contribution is -2.30. The number of imidazole rings is 1. The predicted molar refractivity (Wildman–Crippen MR) is 167 cm³/mol. The van der Waals surface area contributed by atoms with Gasteiger partial charge in [0.05, 0.1) is 28.5 Å². The smallest absolute Gasteiger partial charge is 0.123 e. The molecule has 7 heterocycles. The summed E-state index contributed by atoms with van der Waals surface area (Å²) in [7, 11) is 2.33. The summed E-state index contributed by atoms with van der Waals surface area (Å²) in [5.74, 6) is 1.07. The van der Waals surface area contributed by atoms with E-state index in [9.17, 15) is 0 Å². The van der Waals surface area contributed by atoms with Gasteiger partial charge in [0.25, 0.3) is 0 Å². The molecule has 7 heteroatoms. The molecule has 41 heavy (non-hydrogen) atoms. The minimum Gasteiger partial charge on any atom is -0.340 e. The van der Waals surface area contributed by atoms with Crippen LogP contribution in [0.5, 0.6) is 0 Å². The third-order valence-corrected chi connectivity index (χ3v) is 11.4. The molecule has 0 aliphatic carbocycles. The van der Waals surface area contributed by atoms with Gasteiger partial charge in [0, 0.05) is 35.1 Å². The van der Waals surface area contributed by atoms with E-state index in [1.807, 2.05) is 17.5 Å². The third-order valence-electron chi connectivity index (χ3n) is 10.3. The zero-order chi connectivity index (χ0) is 27.1. The van der Waals surface area contributed by atoms with E-state index in [0.29, 0.717) is 24.2 Å². The van der Waals surface area contributed by atoms with E-state index in [1.165, 1.54) is 75.5 Å². The van der Waals surface area contributed by atoms with E-state index in [1.54, 1.807) is 11.1 Å². The molecule has 0 radical (unpaired) electrons. The van der Waals surface area contributed by atoms with Crippen molar-refractivity contribution >= 4 is 22.7 Å². The molecule has 5 aliphatic heterocycles. The fraction of sp³-hybridized carbons (Fsp3) is 0.412. The van der Waals surface area contributed by atoms with Gasteiger partial charge >= 0.3 is 0 Å². The Bertz CT molecular complexity index is 1680. The second-order valence-electron chi connectivity index (χ2n) is 12.5. The first-order valence-corrected chi connectivity index (χ1v) is 16.2. The molecular formula is C34H36N6S. The number of nitrogens with zero attached hydrogens (tertiary/aromatic N) is 3. The highest BCUT2D eigenvalue weighted by Gasteiger charge is 2.44. The molecular weight excluding hydrogens is 524 g/mol. The lowest BCUT2D eigenvalue weighted by Gasteiger charge is -2.21. The summed E-state index contributed by atoms with van der Waals surface area (Å²) in [5, 5.41) is 7.20. The monoisotopic (exact) mass is 560 g/mol. The number of rotatable bonds is 5. The van der Waals surface area contributed by atoms with Gasteiger partial charge in [-0.3, -0.25) is 9.89 Å². The van der Waals surface area contributed by atoms with Crippen LogP contribution in [0.1, 0.15) is 79.2 Å². The first kappa shape index (κ1) is 24.5. The number of aliphatic imine (C=N–C) groups is 1. The van der Waals surface area contributed by atoms with Gasteiger partial charge in [-0.05, 0) is 116 Å². The van der Waals surface area contributed by atoms with Crippen molar-refractivity contribution in [2.75, 3.05) is 20.1 Å². The Kier molecular flexibility index (Phi) is 5.65. The number of fused-ring (bicyclic) bond motifs is 6. The van der Waals surface area contributed by atoms with E-state index < -0.39 is 0 Å². The Morgan fingerprint density at radius 3 is 2.39 bits per heavy atom. The Morgan fingerprint density at radius 2 is 1.59 bits per heavy atom. The molecule has 6 nitrogen and oxygen atoms in total. The van der Waals surface area contributed by atoms with Gasteiger partial charge < -0.3 is 15.6 Å². The van der Waals surface area contributed by atoms with Crippen LogP contribution in [0.15, 0.2) is 53.7 Å². The molecule has 0 amide bonds. The van der Waals surface area contributed by atoms with Crippen LogP contribution < -0.4 is 10.6 Å². The van der Waals surface area contributed by atoms with Crippen molar-refractivity contribution in [3.05, 3.63) is 71.2 Å². The standard InChI is InChI=1S/C34H36N6S/c1-40-28-10-11-29(40)33-22(30-12-13-31(41-30)27-18-37-34(39-27)25-5-3-15-36-25)8-7-21(32(28)33)19-6-9-23-20(16-19)17-26(38-23)24-4-2-14-35-24/h6-9,12-13,16,18,24-25,28-29,35-36H,2-5,10-11,14-15,17H2,1H3,(H,37,39)/t24-,25-,28?,29?/m0/s1. The molecule has 0 saturated carbocycles. The zero-order valence-electron chi connectivity index (χ0n) is 23.5. The summed E-state index contributed by atoms with van der Waals surface area (Å²) in [6.45, 7) is 2.20. The van der Waals surface area contributed by atoms with Gasteiger partial charge in [-0.1, -0.05) is 18.2 Å². The van der Waals surface area contributed by atoms with Gasteiger partial charge in [0.1, 0.15) is 5.82 Å². The number of aromatic amines is 1. The van der Waals surface area contributed by atoms with E-state index in [2.05, 4.69) is 70.0 Å². The fourth-order valence-electron chi connectivity index (χ4n) is 8.20. The molecule has 4 atom stereocenters. The molecule has 5 aliphatic rings. The van der Waals surface area contributed by atoms with Crippen molar-refractivity contribution in [3.8, 4) is 32.1 Å². The Hall–Kier alpha value is -3.10. The third kappa shape index (κ3) is 3.86. The van der Waals surface area contributed by atoms with Gasteiger partial charge in [-0.15, -0.1) is 11.3 Å². The van der Waals surface area contributed by atoms with Crippen molar-refractivity contribution in [2.45, 2.75) is 69.1 Å². The van der Waals surface area contributed by atoms with Crippen LogP contribution in [-0.4, -0.2) is 46.8 Å². The summed E-state index contributed by atoms with van der Waals surface area (Å²) in [6.07, 6.45) is 10.3. The molecule has 208 valence electrons. The van der Waals surface area contributed by atoms with E-state index in [0.717, 1.165) is 37.4 Å². The molecule has 4 aromatic rings. The lowest BCUT2D eigenvalue weighted by atomic mass is 9.82. The number of hydrogen-bond donors (Lipinski definition) is 3. The van der Waals surface area contributed by atoms with Crippen LogP contribution in [0, 0.1) is 0 Å². The molecule has 0 spiro atoms. The number of thiophene rings is 1. The Labute approximate surface area is 245 Å². The fourth-order valence-corrected chi connectivity index (χ4v) is 9.22. The second-order valence-corrected chi connectivity index (χ2v) is 13.6. The van der Waals surface area contributed by atoms with Gasteiger partial charge in [-0.2, -0.15) is 0 Å². The minimum atomic E-state index is 0.363. The number of nitrogens with one attached hydrogen (secondary N) is 3. The van der Waals surface area contributed by atoms with Crippen LogP contribution in [0.2, 0.25) is 0 Å². The van der Waals surface area contributed by atoms with Crippen LogP contribution >= 0.6 is 11.3 Å². The Morgan fingerprint density at radius 1 is 0.829 bits per heavy atom. The van der Waals surface area contributed by atoms with Crippen molar-refractivity contribution in [1.29, 1.82) is 0 Å². The normalized spacial score (nSPS) is 26.6. The van der Waals surface area contributed by atoms with Gasteiger partial charge in [-0.25, -0.2) is 4.98 Å². The average molecular weight is 561 g/mol. The highest BCUT2D eigenvalue weighted by atomic mass is 32.1. The molecule has 9 rings (SSSR count). The average Bonchev–Trinajstić information content (AvgIpc) is 3.83. The molecule has 2 aromatic heterocycles. The SMILES string of the molecule is CN1C2CCC1c1c(-c3ccc(-c4cnc([C@@H]5CCCN5)[nH]4)s3)ccc(-c3ccc4c(c3)CC([C@@H]3CCCN3)=N4)c12.